The van der Waals surface area contributed by atoms with Crippen LogP contribution in [0.2, 0.25) is 0 Å². The molecule has 3 rings (SSSR count). The van der Waals surface area contributed by atoms with Crippen molar-refractivity contribution in [1.82, 2.24) is 4.90 Å². The third-order valence-corrected chi connectivity index (χ3v) is 7.44. The van der Waals surface area contributed by atoms with E-state index >= 15 is 0 Å². The number of carbonyl (C=O) groups is 2. The minimum atomic E-state index is -0.455. The first-order valence-corrected chi connectivity index (χ1v) is 13.5. The van der Waals surface area contributed by atoms with Crippen LogP contribution < -0.4 is 10.1 Å². The Morgan fingerprint density at radius 3 is 2.44 bits per heavy atom. The van der Waals surface area contributed by atoms with Crippen LogP contribution in [0.25, 0.3) is 21.2 Å². The van der Waals surface area contributed by atoms with E-state index in [-0.39, 0.29) is 12.5 Å². The fourth-order valence-electron chi connectivity index (χ4n) is 3.83. The quantitative estimate of drug-likeness (QED) is 0.252. The van der Waals surface area contributed by atoms with Gasteiger partial charge in [-0.2, -0.15) is 0 Å². The molecule has 34 heavy (non-hydrogen) atoms. The van der Waals surface area contributed by atoms with Crippen LogP contribution in [0.3, 0.4) is 0 Å². The number of hydrogen-bond acceptors (Lipinski definition) is 7. The van der Waals surface area contributed by atoms with Crippen LogP contribution in [0.5, 0.6) is 5.75 Å². The Bertz CT molecular complexity index is 1160. The van der Waals surface area contributed by atoms with Crippen molar-refractivity contribution in [2.45, 2.75) is 32.6 Å². The average molecular weight is 501 g/mol. The van der Waals surface area contributed by atoms with Gasteiger partial charge in [-0.05, 0) is 44.0 Å². The van der Waals surface area contributed by atoms with Gasteiger partial charge in [0.2, 0.25) is 5.91 Å². The van der Waals surface area contributed by atoms with Crippen LogP contribution in [0, 0.1) is 0 Å². The Balaban J connectivity index is 2.21. The zero-order chi connectivity index (χ0) is 24.7. The normalized spacial score (nSPS) is 11.1. The zero-order valence-corrected chi connectivity index (χ0v) is 22.0. The van der Waals surface area contributed by atoms with Crippen LogP contribution in [0.4, 0.5) is 5.00 Å². The summed E-state index contributed by atoms with van der Waals surface area (Å²) in [6.45, 7) is 10.9. The molecule has 0 unspecified atom stereocenters. The first-order valence-electron chi connectivity index (χ1n) is 11.5. The molecule has 1 heterocycles. The van der Waals surface area contributed by atoms with Crippen LogP contribution in [-0.4, -0.2) is 55.9 Å². The molecule has 0 atom stereocenters. The standard InChI is InChI=1S/C26H32N2O4S2/c1-6-28(7-2)15-16-32-23-19(18-11-9-10-12-21(18)33-5)13-14-20-22(26(30)31-8-3)25(27-17(4)29)34-24(20)23/h9-14H,6-8,15-16H2,1-5H3,(H,27,29). The van der Waals surface area contributed by atoms with Crippen molar-refractivity contribution >= 4 is 50.1 Å². The van der Waals surface area contributed by atoms with Crippen LogP contribution in [-0.2, 0) is 9.53 Å². The summed E-state index contributed by atoms with van der Waals surface area (Å²) in [6.07, 6.45) is 2.05. The minimum absolute atomic E-state index is 0.242. The predicted molar refractivity (Wildman–Crippen MR) is 143 cm³/mol. The highest BCUT2D eigenvalue weighted by atomic mass is 32.2. The Morgan fingerprint density at radius 2 is 1.79 bits per heavy atom. The maximum atomic E-state index is 12.9. The van der Waals surface area contributed by atoms with E-state index in [1.165, 1.54) is 18.3 Å². The topological polar surface area (TPSA) is 67.9 Å². The van der Waals surface area contributed by atoms with Crippen LogP contribution in [0.15, 0.2) is 41.3 Å². The molecule has 0 saturated carbocycles. The molecule has 1 aromatic heterocycles. The number of benzene rings is 2. The summed E-state index contributed by atoms with van der Waals surface area (Å²) in [4.78, 5) is 28.2. The molecular weight excluding hydrogens is 468 g/mol. The molecule has 3 aromatic rings. The SMILES string of the molecule is CCOC(=O)c1c(NC(C)=O)sc2c(OCCN(CC)CC)c(-c3ccccc3SC)ccc12. The third kappa shape index (κ3) is 5.74. The smallest absolute Gasteiger partial charge is 0.341 e. The Labute approximate surface area is 209 Å². The molecule has 0 aliphatic rings. The molecule has 0 spiro atoms. The van der Waals surface area contributed by atoms with Crippen molar-refractivity contribution in [3.05, 3.63) is 42.0 Å². The molecule has 0 bridgehead atoms. The van der Waals surface area contributed by atoms with E-state index < -0.39 is 5.97 Å². The van der Waals surface area contributed by atoms with Gasteiger partial charge < -0.3 is 19.7 Å². The molecule has 0 saturated heterocycles. The van der Waals surface area contributed by atoms with Gasteiger partial charge in [0, 0.05) is 29.3 Å². The van der Waals surface area contributed by atoms with E-state index in [1.54, 1.807) is 18.7 Å². The number of carbonyl (C=O) groups excluding carboxylic acids is 2. The summed E-state index contributed by atoms with van der Waals surface area (Å²) < 4.78 is 12.6. The summed E-state index contributed by atoms with van der Waals surface area (Å²) in [6, 6.07) is 12.1. The van der Waals surface area contributed by atoms with Crippen molar-refractivity contribution in [2.75, 3.05) is 44.4 Å². The molecule has 2 aromatic carbocycles. The van der Waals surface area contributed by atoms with E-state index in [0.29, 0.717) is 17.2 Å². The second-order valence-electron chi connectivity index (χ2n) is 7.60. The van der Waals surface area contributed by atoms with Crippen LogP contribution in [0.1, 0.15) is 38.1 Å². The first-order chi connectivity index (χ1) is 16.4. The third-order valence-electron chi connectivity index (χ3n) is 5.53. The number of rotatable bonds is 11. The molecule has 0 fully saturated rings. The maximum Gasteiger partial charge on any atom is 0.341 e. The number of anilines is 1. The first kappa shape index (κ1) is 26.1. The predicted octanol–water partition coefficient (Wildman–Crippen LogP) is 6.15. The van der Waals surface area contributed by atoms with Gasteiger partial charge in [0.15, 0.2) is 0 Å². The largest absolute Gasteiger partial charge is 0.490 e. The van der Waals surface area contributed by atoms with Gasteiger partial charge in [0.1, 0.15) is 22.9 Å². The molecule has 8 heteroatoms. The molecule has 182 valence electrons. The number of thioether (sulfide) groups is 1. The Morgan fingerprint density at radius 1 is 1.06 bits per heavy atom. The lowest BCUT2D eigenvalue weighted by molar-refractivity contribution is -0.114. The molecule has 0 aliphatic heterocycles. The van der Waals surface area contributed by atoms with Crippen molar-refractivity contribution < 1.29 is 19.1 Å². The monoisotopic (exact) mass is 500 g/mol. The van der Waals surface area contributed by atoms with E-state index in [4.69, 9.17) is 9.47 Å². The van der Waals surface area contributed by atoms with Gasteiger partial charge in [-0.1, -0.05) is 38.1 Å². The number of ether oxygens (including phenoxy) is 2. The summed E-state index contributed by atoms with van der Waals surface area (Å²) in [5, 5.41) is 4.01. The number of amides is 1. The highest BCUT2D eigenvalue weighted by molar-refractivity contribution is 7.98. The number of hydrogen-bond donors (Lipinski definition) is 1. The zero-order valence-electron chi connectivity index (χ0n) is 20.4. The van der Waals surface area contributed by atoms with E-state index in [2.05, 4.69) is 42.5 Å². The van der Waals surface area contributed by atoms with Gasteiger partial charge in [-0.15, -0.1) is 23.1 Å². The molecule has 1 amide bonds. The van der Waals surface area contributed by atoms with Crippen LogP contribution >= 0.6 is 23.1 Å². The number of nitrogens with zero attached hydrogens (tertiary/aromatic N) is 1. The molecular formula is C26H32N2O4S2. The second-order valence-corrected chi connectivity index (χ2v) is 9.47. The Kier molecular flexibility index (Phi) is 9.38. The second kappa shape index (κ2) is 12.2. The number of nitrogens with one attached hydrogen (secondary N) is 1. The lowest BCUT2D eigenvalue weighted by atomic mass is 10.0. The van der Waals surface area contributed by atoms with Gasteiger partial charge in [-0.25, -0.2) is 4.79 Å². The van der Waals surface area contributed by atoms with Crippen molar-refractivity contribution in [3.63, 3.8) is 0 Å². The number of fused-ring (bicyclic) bond motifs is 1. The molecule has 6 nitrogen and oxygen atoms in total. The number of thiophene rings is 1. The summed E-state index contributed by atoms with van der Waals surface area (Å²) in [5.41, 5.74) is 2.40. The molecule has 0 aliphatic carbocycles. The lowest BCUT2D eigenvalue weighted by Crippen LogP contribution is -2.28. The summed E-state index contributed by atoms with van der Waals surface area (Å²) in [7, 11) is 0. The highest BCUT2D eigenvalue weighted by Crippen LogP contribution is 2.47. The number of likely N-dealkylation sites (N-methyl/N-ethyl adjacent to an activating group) is 1. The number of esters is 1. The summed E-state index contributed by atoms with van der Waals surface area (Å²) in [5.74, 6) is 0.0243. The maximum absolute atomic E-state index is 12.9. The molecule has 0 radical (unpaired) electrons. The lowest BCUT2D eigenvalue weighted by Gasteiger charge is -2.20. The molecule has 1 N–H and O–H groups in total. The van der Waals surface area contributed by atoms with Crippen molar-refractivity contribution in [2.24, 2.45) is 0 Å². The van der Waals surface area contributed by atoms with Gasteiger partial charge in [0.05, 0.1) is 11.3 Å². The van der Waals surface area contributed by atoms with Crippen molar-refractivity contribution in [3.8, 4) is 16.9 Å². The van der Waals surface area contributed by atoms with E-state index in [1.807, 2.05) is 24.3 Å². The van der Waals surface area contributed by atoms with E-state index in [0.717, 1.165) is 51.5 Å². The Hall–Kier alpha value is -2.55. The van der Waals surface area contributed by atoms with Gasteiger partial charge in [0.25, 0.3) is 0 Å². The van der Waals surface area contributed by atoms with Crippen molar-refractivity contribution in [1.29, 1.82) is 0 Å². The van der Waals surface area contributed by atoms with Gasteiger partial charge >= 0.3 is 5.97 Å². The van der Waals surface area contributed by atoms with E-state index in [9.17, 15) is 9.59 Å². The van der Waals surface area contributed by atoms with Gasteiger partial charge in [-0.3, -0.25) is 4.79 Å². The fraction of sp³-hybridized carbons (Fsp3) is 0.385. The average Bonchev–Trinajstić information content (AvgIpc) is 3.19. The fourth-order valence-corrected chi connectivity index (χ4v) is 5.68. The minimum Gasteiger partial charge on any atom is -0.490 e. The summed E-state index contributed by atoms with van der Waals surface area (Å²) >= 11 is 3.02. The highest BCUT2D eigenvalue weighted by Gasteiger charge is 2.25.